The van der Waals surface area contributed by atoms with E-state index in [2.05, 4.69) is 4.90 Å². The molecule has 0 bridgehead atoms. The summed E-state index contributed by atoms with van der Waals surface area (Å²) in [4.78, 5) is 2.34. The quantitative estimate of drug-likeness (QED) is 0.911. The Bertz CT molecular complexity index is 395. The van der Waals surface area contributed by atoms with Crippen molar-refractivity contribution in [2.75, 3.05) is 13.1 Å². The van der Waals surface area contributed by atoms with Gasteiger partial charge in [0, 0.05) is 23.2 Å². The minimum atomic E-state index is -0.170. The zero-order chi connectivity index (χ0) is 13.0. The summed E-state index contributed by atoms with van der Waals surface area (Å²) in [6.07, 6.45) is 4.59. The summed E-state index contributed by atoms with van der Waals surface area (Å²) in [5.74, 6) is -0.170. The fraction of sp³-hybridized carbons (Fsp3) is 0.571. The van der Waals surface area contributed by atoms with Gasteiger partial charge >= 0.3 is 0 Å². The Hall–Kier alpha value is -0.640. The van der Waals surface area contributed by atoms with Crippen molar-refractivity contribution in [2.24, 2.45) is 5.73 Å². The average Bonchev–Trinajstić information content (AvgIpc) is 2.36. The SMILES string of the molecule is NCCC1CCCCN1Cc1cc(Cl)ccc1F. The lowest BCUT2D eigenvalue weighted by Gasteiger charge is -2.35. The van der Waals surface area contributed by atoms with Gasteiger partial charge in [-0.1, -0.05) is 18.0 Å². The van der Waals surface area contributed by atoms with Gasteiger partial charge in [-0.2, -0.15) is 0 Å². The standard InChI is InChI=1S/C14H20ClFN2/c15-12-4-5-14(16)11(9-12)10-18-8-2-1-3-13(18)6-7-17/h4-5,9,13H,1-3,6-8,10,17H2. The van der Waals surface area contributed by atoms with Crippen LogP contribution in [0.1, 0.15) is 31.2 Å². The van der Waals surface area contributed by atoms with Crippen molar-refractivity contribution in [3.05, 3.63) is 34.6 Å². The van der Waals surface area contributed by atoms with E-state index < -0.39 is 0 Å². The summed E-state index contributed by atoms with van der Waals surface area (Å²) in [5.41, 5.74) is 6.33. The molecule has 0 amide bonds. The van der Waals surface area contributed by atoms with Crippen molar-refractivity contribution < 1.29 is 4.39 Å². The second-order valence-corrected chi connectivity index (χ2v) is 5.37. The second-order valence-electron chi connectivity index (χ2n) is 4.93. The molecule has 1 aromatic rings. The molecule has 0 radical (unpaired) electrons. The summed E-state index contributed by atoms with van der Waals surface area (Å²) in [5, 5.41) is 0.596. The predicted octanol–water partition coefficient (Wildman–Crippen LogP) is 3.18. The Kier molecular flexibility index (Phi) is 4.98. The first-order valence-corrected chi connectivity index (χ1v) is 6.96. The monoisotopic (exact) mass is 270 g/mol. The van der Waals surface area contributed by atoms with Crippen molar-refractivity contribution >= 4 is 11.6 Å². The van der Waals surface area contributed by atoms with E-state index in [1.54, 1.807) is 12.1 Å². The number of hydrogen-bond donors (Lipinski definition) is 1. The average molecular weight is 271 g/mol. The lowest BCUT2D eigenvalue weighted by molar-refractivity contribution is 0.132. The molecule has 1 fully saturated rings. The van der Waals surface area contributed by atoms with Gasteiger partial charge in [0.2, 0.25) is 0 Å². The number of benzene rings is 1. The minimum Gasteiger partial charge on any atom is -0.330 e. The molecule has 1 heterocycles. The van der Waals surface area contributed by atoms with E-state index in [1.807, 2.05) is 0 Å². The highest BCUT2D eigenvalue weighted by molar-refractivity contribution is 6.30. The molecule has 100 valence electrons. The maximum atomic E-state index is 13.7. The van der Waals surface area contributed by atoms with Crippen LogP contribution in [-0.2, 0) is 6.54 Å². The molecule has 1 saturated heterocycles. The highest BCUT2D eigenvalue weighted by atomic mass is 35.5. The lowest BCUT2D eigenvalue weighted by atomic mass is 9.98. The lowest BCUT2D eigenvalue weighted by Crippen LogP contribution is -2.40. The van der Waals surface area contributed by atoms with E-state index in [1.165, 1.54) is 25.3 Å². The third-order valence-electron chi connectivity index (χ3n) is 3.63. The molecule has 0 spiro atoms. The van der Waals surface area contributed by atoms with Crippen molar-refractivity contribution in [1.29, 1.82) is 0 Å². The highest BCUT2D eigenvalue weighted by Crippen LogP contribution is 2.23. The van der Waals surface area contributed by atoms with Gasteiger partial charge in [0.1, 0.15) is 5.82 Å². The number of piperidine rings is 1. The number of likely N-dealkylation sites (tertiary alicyclic amines) is 1. The van der Waals surface area contributed by atoms with Crippen LogP contribution in [0.3, 0.4) is 0 Å². The largest absolute Gasteiger partial charge is 0.330 e. The van der Waals surface area contributed by atoms with E-state index in [9.17, 15) is 4.39 Å². The van der Waals surface area contributed by atoms with E-state index in [-0.39, 0.29) is 5.82 Å². The number of halogens is 2. The first kappa shape index (κ1) is 13.8. The molecule has 0 aromatic heterocycles. The molecule has 0 aliphatic carbocycles. The second kappa shape index (κ2) is 6.50. The van der Waals surface area contributed by atoms with E-state index in [0.29, 0.717) is 29.7 Å². The van der Waals surface area contributed by atoms with Crippen LogP contribution in [0.4, 0.5) is 4.39 Å². The number of nitrogens with zero attached hydrogens (tertiary/aromatic N) is 1. The Morgan fingerprint density at radius 1 is 1.39 bits per heavy atom. The van der Waals surface area contributed by atoms with Crippen LogP contribution in [0.25, 0.3) is 0 Å². The molecule has 2 rings (SSSR count). The Morgan fingerprint density at radius 3 is 3.00 bits per heavy atom. The zero-order valence-electron chi connectivity index (χ0n) is 10.5. The first-order valence-electron chi connectivity index (χ1n) is 6.58. The van der Waals surface area contributed by atoms with Gasteiger partial charge in [0.25, 0.3) is 0 Å². The maximum absolute atomic E-state index is 13.7. The summed E-state index contributed by atoms with van der Waals surface area (Å²) >= 11 is 5.93. The first-order chi connectivity index (χ1) is 8.70. The van der Waals surface area contributed by atoms with E-state index >= 15 is 0 Å². The normalized spacial score (nSPS) is 21.2. The third kappa shape index (κ3) is 3.44. The Labute approximate surface area is 113 Å². The van der Waals surface area contributed by atoms with E-state index in [4.69, 9.17) is 17.3 Å². The van der Waals surface area contributed by atoms with Gasteiger partial charge in [-0.15, -0.1) is 0 Å². The minimum absolute atomic E-state index is 0.170. The molecule has 1 unspecified atom stereocenters. The summed E-state index contributed by atoms with van der Waals surface area (Å²) in [6.45, 7) is 2.35. The summed E-state index contributed by atoms with van der Waals surface area (Å²) in [7, 11) is 0. The van der Waals surface area contributed by atoms with Crippen LogP contribution in [0.2, 0.25) is 5.02 Å². The molecule has 1 aliphatic rings. The molecule has 1 aliphatic heterocycles. The fourth-order valence-electron chi connectivity index (χ4n) is 2.67. The van der Waals surface area contributed by atoms with Gasteiger partial charge in [-0.3, -0.25) is 4.90 Å². The van der Waals surface area contributed by atoms with Gasteiger partial charge in [0.15, 0.2) is 0 Å². The maximum Gasteiger partial charge on any atom is 0.127 e. The van der Waals surface area contributed by atoms with Crippen LogP contribution in [-0.4, -0.2) is 24.0 Å². The van der Waals surface area contributed by atoms with Gasteiger partial charge in [-0.25, -0.2) is 4.39 Å². The smallest absolute Gasteiger partial charge is 0.127 e. The fourth-order valence-corrected chi connectivity index (χ4v) is 2.87. The summed E-state index contributed by atoms with van der Waals surface area (Å²) < 4.78 is 13.7. The molecular weight excluding hydrogens is 251 g/mol. The molecular formula is C14H20ClFN2. The number of nitrogens with two attached hydrogens (primary N) is 1. The number of hydrogen-bond acceptors (Lipinski definition) is 2. The van der Waals surface area contributed by atoms with E-state index in [0.717, 1.165) is 13.0 Å². The van der Waals surface area contributed by atoms with Crippen LogP contribution < -0.4 is 5.73 Å². The molecule has 1 aromatic carbocycles. The summed E-state index contributed by atoms with van der Waals surface area (Å²) in [6, 6.07) is 5.25. The number of rotatable bonds is 4. The van der Waals surface area contributed by atoms with Crippen molar-refractivity contribution in [3.63, 3.8) is 0 Å². The topological polar surface area (TPSA) is 29.3 Å². The molecule has 1 atom stereocenters. The molecule has 4 heteroatoms. The predicted molar refractivity (Wildman–Crippen MR) is 73.1 cm³/mol. The van der Waals surface area contributed by atoms with Gasteiger partial charge in [0.05, 0.1) is 0 Å². The van der Waals surface area contributed by atoms with Crippen LogP contribution in [0.15, 0.2) is 18.2 Å². The van der Waals surface area contributed by atoms with Crippen molar-refractivity contribution in [1.82, 2.24) is 4.90 Å². The highest BCUT2D eigenvalue weighted by Gasteiger charge is 2.22. The Balaban J connectivity index is 2.08. The Morgan fingerprint density at radius 2 is 2.22 bits per heavy atom. The van der Waals surface area contributed by atoms with Gasteiger partial charge in [-0.05, 0) is 50.6 Å². The third-order valence-corrected chi connectivity index (χ3v) is 3.87. The van der Waals surface area contributed by atoms with Crippen molar-refractivity contribution in [2.45, 2.75) is 38.3 Å². The van der Waals surface area contributed by atoms with Crippen molar-refractivity contribution in [3.8, 4) is 0 Å². The zero-order valence-corrected chi connectivity index (χ0v) is 11.3. The molecule has 0 saturated carbocycles. The molecule has 2 N–H and O–H groups in total. The molecule has 2 nitrogen and oxygen atoms in total. The van der Waals surface area contributed by atoms with Crippen LogP contribution in [0.5, 0.6) is 0 Å². The molecule has 18 heavy (non-hydrogen) atoms. The van der Waals surface area contributed by atoms with Gasteiger partial charge < -0.3 is 5.73 Å². The van der Waals surface area contributed by atoms with Crippen LogP contribution in [0, 0.1) is 5.82 Å². The van der Waals surface area contributed by atoms with Crippen LogP contribution >= 0.6 is 11.6 Å².